The number of allylic oxidation sites excluding steroid dienone is 1. The molecule has 1 aliphatic carbocycles. The molecule has 0 spiro atoms. The first kappa shape index (κ1) is 27.4. The number of esters is 1. The Morgan fingerprint density at radius 3 is 2.68 bits per heavy atom. The number of hydrogen-bond acceptors (Lipinski definition) is 6. The van der Waals surface area contributed by atoms with E-state index in [9.17, 15) is 9.59 Å². The maximum Gasteiger partial charge on any atom is 0.339 e. The van der Waals surface area contributed by atoms with E-state index in [2.05, 4.69) is 23.7 Å². The Morgan fingerprint density at radius 1 is 1.15 bits per heavy atom. The van der Waals surface area contributed by atoms with Gasteiger partial charge in [-0.15, -0.1) is 0 Å². The normalized spacial score (nSPS) is 23.2. The summed E-state index contributed by atoms with van der Waals surface area (Å²) in [5.41, 5.74) is 3.79. The van der Waals surface area contributed by atoms with Crippen LogP contribution >= 0.6 is 0 Å². The van der Waals surface area contributed by atoms with Crippen molar-refractivity contribution in [1.82, 2.24) is 14.8 Å². The highest BCUT2D eigenvalue weighted by Gasteiger charge is 2.47. The fourth-order valence-electron chi connectivity index (χ4n) is 6.15. The predicted octanol–water partition coefficient (Wildman–Crippen LogP) is 6.23. The molecule has 6 rings (SSSR count). The van der Waals surface area contributed by atoms with E-state index >= 15 is 4.39 Å². The second-order valence-electron chi connectivity index (χ2n) is 11.9. The third-order valence-corrected chi connectivity index (χ3v) is 8.93. The number of carbonyl (C=O) groups excluding carboxylic acids is 2. The number of halogens is 1. The highest BCUT2D eigenvalue weighted by molar-refractivity contribution is 6.44. The number of aliphatic imine (C=N–C) groups is 1. The van der Waals surface area contributed by atoms with Crippen LogP contribution in [0.2, 0.25) is 0 Å². The summed E-state index contributed by atoms with van der Waals surface area (Å²) in [5.74, 6) is -0.199. The van der Waals surface area contributed by atoms with Crippen LogP contribution in [0.5, 0.6) is 0 Å². The number of benzene rings is 1. The van der Waals surface area contributed by atoms with Gasteiger partial charge < -0.3 is 14.5 Å². The van der Waals surface area contributed by atoms with Crippen LogP contribution in [-0.2, 0) is 9.53 Å². The molecule has 1 saturated heterocycles. The Hall–Kier alpha value is -3.81. The first-order valence-corrected chi connectivity index (χ1v) is 14.8. The van der Waals surface area contributed by atoms with Gasteiger partial charge in [-0.2, -0.15) is 0 Å². The van der Waals surface area contributed by atoms with E-state index < -0.39 is 5.97 Å². The van der Waals surface area contributed by atoms with E-state index in [1.807, 2.05) is 29.2 Å². The summed E-state index contributed by atoms with van der Waals surface area (Å²) < 4.78 is 20.6. The Morgan fingerprint density at radius 2 is 1.98 bits per heavy atom. The summed E-state index contributed by atoms with van der Waals surface area (Å²) >= 11 is 0. The molecular formula is C33H37FN4O3. The number of pyridine rings is 1. The molecule has 8 heteroatoms. The molecule has 7 nitrogen and oxygen atoms in total. The van der Waals surface area contributed by atoms with Crippen molar-refractivity contribution in [3.8, 4) is 11.3 Å². The summed E-state index contributed by atoms with van der Waals surface area (Å²) in [6.07, 6.45) is 11.9. The average Bonchev–Trinajstić information content (AvgIpc) is 3.64. The summed E-state index contributed by atoms with van der Waals surface area (Å²) in [4.78, 5) is 39.0. The van der Waals surface area contributed by atoms with Crippen molar-refractivity contribution in [2.45, 2.75) is 71.3 Å². The fraction of sp³-hybridized carbons (Fsp3) is 0.455. The number of rotatable bonds is 6. The van der Waals surface area contributed by atoms with Crippen LogP contribution in [0.4, 0.5) is 4.39 Å². The molecule has 1 unspecified atom stereocenters. The predicted molar refractivity (Wildman–Crippen MR) is 156 cm³/mol. The van der Waals surface area contributed by atoms with Crippen LogP contribution in [0.15, 0.2) is 65.2 Å². The van der Waals surface area contributed by atoms with Crippen LogP contribution in [0, 0.1) is 11.2 Å². The minimum atomic E-state index is -0.430. The minimum absolute atomic E-state index is 0.00200. The number of fused-ring (bicyclic) bond motifs is 1. The average molecular weight is 557 g/mol. The lowest BCUT2D eigenvalue weighted by molar-refractivity contribution is -0.125. The second kappa shape index (κ2) is 10.9. The van der Waals surface area contributed by atoms with Crippen molar-refractivity contribution in [1.29, 1.82) is 0 Å². The maximum atomic E-state index is 15.6. The van der Waals surface area contributed by atoms with Crippen LogP contribution in [0.1, 0.15) is 81.1 Å². The molecule has 1 amide bonds. The van der Waals surface area contributed by atoms with E-state index in [1.165, 1.54) is 12.3 Å². The van der Waals surface area contributed by atoms with Gasteiger partial charge in [0.05, 0.1) is 17.9 Å². The van der Waals surface area contributed by atoms with Crippen molar-refractivity contribution >= 4 is 17.6 Å². The number of carbonyl (C=O) groups is 2. The molecule has 4 heterocycles. The van der Waals surface area contributed by atoms with Gasteiger partial charge in [0.2, 0.25) is 0 Å². The van der Waals surface area contributed by atoms with E-state index in [1.54, 1.807) is 19.1 Å². The van der Waals surface area contributed by atoms with Crippen LogP contribution in [0.25, 0.3) is 11.3 Å². The number of nitrogens with zero attached hydrogens (tertiary/aromatic N) is 4. The van der Waals surface area contributed by atoms with Gasteiger partial charge >= 0.3 is 5.97 Å². The summed E-state index contributed by atoms with van der Waals surface area (Å²) in [5, 5.41) is 0. The molecule has 2 aromatic rings. The SMILES string of the molecule is CCOC(=O)c1ccc(-c2ccc(C3C=C4N=C(C(=O)N5CCCCC[C@H]5C)C=C(C5(C)CC5)N4C3)c(F)c2)nc1. The van der Waals surface area contributed by atoms with Gasteiger partial charge in [-0.25, -0.2) is 14.2 Å². The number of ether oxygens (including phenoxy) is 1. The molecule has 0 N–H and O–H groups in total. The fourth-order valence-corrected chi connectivity index (χ4v) is 6.15. The molecule has 0 bridgehead atoms. The van der Waals surface area contributed by atoms with E-state index in [0.717, 1.165) is 56.6 Å². The van der Waals surface area contributed by atoms with Gasteiger partial charge in [0, 0.05) is 47.9 Å². The Balaban J connectivity index is 1.26. The van der Waals surface area contributed by atoms with Gasteiger partial charge in [0.1, 0.15) is 17.3 Å². The zero-order valence-corrected chi connectivity index (χ0v) is 24.0. The molecule has 4 aliphatic rings. The maximum absolute atomic E-state index is 15.6. The van der Waals surface area contributed by atoms with E-state index in [0.29, 0.717) is 41.2 Å². The summed E-state index contributed by atoms with van der Waals surface area (Å²) in [6.45, 7) is 7.77. The monoisotopic (exact) mass is 556 g/mol. The smallest absolute Gasteiger partial charge is 0.339 e. The highest BCUT2D eigenvalue weighted by Crippen LogP contribution is 2.55. The van der Waals surface area contributed by atoms with Crippen molar-refractivity contribution in [2.24, 2.45) is 10.4 Å². The lowest BCUT2D eigenvalue weighted by Gasteiger charge is -2.33. The summed E-state index contributed by atoms with van der Waals surface area (Å²) in [7, 11) is 0. The van der Waals surface area contributed by atoms with Gasteiger partial charge in [0.15, 0.2) is 0 Å². The van der Waals surface area contributed by atoms with Crippen molar-refractivity contribution in [3.05, 3.63) is 77.1 Å². The van der Waals surface area contributed by atoms with Crippen LogP contribution < -0.4 is 0 Å². The Bertz CT molecular complexity index is 1460. The number of likely N-dealkylation sites (tertiary alicyclic amines) is 1. The molecule has 41 heavy (non-hydrogen) atoms. The van der Waals surface area contributed by atoms with Crippen molar-refractivity contribution < 1.29 is 18.7 Å². The third kappa shape index (κ3) is 5.32. The van der Waals surface area contributed by atoms with Crippen LogP contribution in [-0.4, -0.2) is 58.1 Å². The topological polar surface area (TPSA) is 75.1 Å². The third-order valence-electron chi connectivity index (χ3n) is 8.93. The standard InChI is InChI=1S/C33H37FN4O3/c1-4-41-32(40)23-10-12-27(35-19-23)22-9-11-25(26(34)16-22)24-17-30-36-28(18-29(38(30)20-24)33(3)13-14-33)31(39)37-15-7-5-6-8-21(37)2/h9-12,16-19,21,24H,4-8,13-15,20H2,1-3H3/t21-,24?/m1/s1. The lowest BCUT2D eigenvalue weighted by atomic mass is 9.96. The second-order valence-corrected chi connectivity index (χ2v) is 11.9. The van der Waals surface area contributed by atoms with Crippen LogP contribution in [0.3, 0.4) is 0 Å². The molecule has 214 valence electrons. The molecular weight excluding hydrogens is 519 g/mol. The Labute approximate surface area is 240 Å². The zero-order valence-electron chi connectivity index (χ0n) is 24.0. The molecule has 2 fully saturated rings. The van der Waals surface area contributed by atoms with E-state index in [-0.39, 0.29) is 29.1 Å². The van der Waals surface area contributed by atoms with Gasteiger partial charge in [-0.3, -0.25) is 9.78 Å². The zero-order chi connectivity index (χ0) is 28.7. The Kier molecular flexibility index (Phi) is 7.26. The lowest BCUT2D eigenvalue weighted by Crippen LogP contribution is -2.43. The van der Waals surface area contributed by atoms with Gasteiger partial charge in [-0.1, -0.05) is 31.9 Å². The van der Waals surface area contributed by atoms with Gasteiger partial charge in [0.25, 0.3) is 5.91 Å². The molecule has 3 aliphatic heterocycles. The molecule has 1 aromatic heterocycles. The number of amides is 1. The first-order chi connectivity index (χ1) is 19.8. The minimum Gasteiger partial charge on any atom is -0.462 e. The highest BCUT2D eigenvalue weighted by atomic mass is 19.1. The number of aromatic nitrogens is 1. The number of hydrogen-bond donors (Lipinski definition) is 0. The molecule has 1 saturated carbocycles. The molecule has 2 atom stereocenters. The quantitative estimate of drug-likeness (QED) is 0.394. The van der Waals surface area contributed by atoms with Gasteiger partial charge in [-0.05, 0) is 75.4 Å². The molecule has 1 aromatic carbocycles. The summed E-state index contributed by atoms with van der Waals surface area (Å²) in [6, 6.07) is 8.70. The largest absolute Gasteiger partial charge is 0.462 e. The van der Waals surface area contributed by atoms with Crippen molar-refractivity contribution in [3.63, 3.8) is 0 Å². The van der Waals surface area contributed by atoms with Crippen molar-refractivity contribution in [2.75, 3.05) is 19.7 Å². The molecule has 0 radical (unpaired) electrons. The van der Waals surface area contributed by atoms with E-state index in [4.69, 9.17) is 9.73 Å². The first-order valence-electron chi connectivity index (χ1n) is 14.8.